The van der Waals surface area contributed by atoms with E-state index in [4.69, 9.17) is 16.6 Å². The maximum absolute atomic E-state index is 13.1. The quantitative estimate of drug-likeness (QED) is 0.527. The number of amides is 1. The van der Waals surface area contributed by atoms with Crippen LogP contribution in [0.15, 0.2) is 47.4 Å². The fourth-order valence-corrected chi connectivity index (χ4v) is 5.12. The fraction of sp³-hybridized carbons (Fsp3) is 0.300. The third-order valence-corrected chi connectivity index (χ3v) is 7.03. The SMILES string of the molecule is CSc1ccc(Cl)c(C(=O)N2CCCC(c3nc4ccccc4s3)C2)c1. The molecular formula is C20H19ClN2OS2. The number of thioether (sulfide) groups is 1. The number of benzene rings is 2. The molecule has 1 aromatic heterocycles. The van der Waals surface area contributed by atoms with E-state index < -0.39 is 0 Å². The first-order valence-corrected chi connectivity index (χ1v) is 11.1. The van der Waals surface area contributed by atoms with Gasteiger partial charge in [-0.1, -0.05) is 23.7 Å². The molecule has 0 radical (unpaired) electrons. The number of carbonyl (C=O) groups is 1. The summed E-state index contributed by atoms with van der Waals surface area (Å²) in [5, 5.41) is 1.66. The molecule has 0 N–H and O–H groups in total. The van der Waals surface area contributed by atoms with Crippen LogP contribution in [0.3, 0.4) is 0 Å². The number of fused-ring (bicyclic) bond motifs is 1. The van der Waals surface area contributed by atoms with Crippen molar-refractivity contribution in [2.75, 3.05) is 19.3 Å². The highest BCUT2D eigenvalue weighted by atomic mass is 35.5. The Labute approximate surface area is 166 Å². The molecule has 3 aromatic rings. The molecule has 6 heteroatoms. The summed E-state index contributed by atoms with van der Waals surface area (Å²) in [6.07, 6.45) is 4.07. The maximum atomic E-state index is 13.1. The molecule has 0 spiro atoms. The summed E-state index contributed by atoms with van der Waals surface area (Å²) in [6.45, 7) is 1.48. The van der Waals surface area contributed by atoms with Gasteiger partial charge in [0.1, 0.15) is 0 Å². The van der Waals surface area contributed by atoms with Gasteiger partial charge in [-0.25, -0.2) is 4.98 Å². The largest absolute Gasteiger partial charge is 0.338 e. The van der Waals surface area contributed by atoms with E-state index in [0.29, 0.717) is 23.0 Å². The lowest BCUT2D eigenvalue weighted by Crippen LogP contribution is -2.39. The Bertz CT molecular complexity index is 923. The lowest BCUT2D eigenvalue weighted by atomic mass is 9.98. The van der Waals surface area contributed by atoms with Crippen LogP contribution in [0.4, 0.5) is 0 Å². The summed E-state index contributed by atoms with van der Waals surface area (Å²) in [4.78, 5) is 20.8. The average Bonchev–Trinajstić information content (AvgIpc) is 3.12. The van der Waals surface area contributed by atoms with Crippen LogP contribution in [0.25, 0.3) is 10.2 Å². The Hall–Kier alpha value is -1.56. The van der Waals surface area contributed by atoms with Crippen molar-refractivity contribution < 1.29 is 4.79 Å². The van der Waals surface area contributed by atoms with Crippen LogP contribution in [0.2, 0.25) is 5.02 Å². The first-order valence-electron chi connectivity index (χ1n) is 8.64. The molecule has 1 aliphatic heterocycles. The molecule has 0 saturated carbocycles. The maximum Gasteiger partial charge on any atom is 0.255 e. The first kappa shape index (κ1) is 17.8. The summed E-state index contributed by atoms with van der Waals surface area (Å²) in [7, 11) is 0. The van der Waals surface area contributed by atoms with Crippen molar-refractivity contribution in [2.45, 2.75) is 23.7 Å². The topological polar surface area (TPSA) is 33.2 Å². The van der Waals surface area contributed by atoms with Crippen LogP contribution in [0.1, 0.15) is 34.1 Å². The van der Waals surface area contributed by atoms with E-state index in [1.165, 1.54) is 4.70 Å². The molecule has 4 rings (SSSR count). The van der Waals surface area contributed by atoms with Gasteiger partial charge in [0.05, 0.1) is 25.8 Å². The van der Waals surface area contributed by atoms with Crippen LogP contribution in [-0.2, 0) is 0 Å². The van der Waals surface area contributed by atoms with Gasteiger partial charge in [0.2, 0.25) is 0 Å². The number of likely N-dealkylation sites (tertiary alicyclic amines) is 1. The van der Waals surface area contributed by atoms with Gasteiger partial charge in [0.15, 0.2) is 0 Å². The number of para-hydroxylation sites is 1. The molecule has 2 aromatic carbocycles. The second kappa shape index (κ2) is 7.59. The van der Waals surface area contributed by atoms with E-state index in [2.05, 4.69) is 12.1 Å². The summed E-state index contributed by atoms with van der Waals surface area (Å²) in [5.41, 5.74) is 1.65. The molecule has 0 aliphatic carbocycles. The third kappa shape index (κ3) is 3.48. The zero-order chi connectivity index (χ0) is 18.1. The van der Waals surface area contributed by atoms with Crippen LogP contribution in [-0.4, -0.2) is 35.1 Å². The number of hydrogen-bond donors (Lipinski definition) is 0. The third-order valence-electron chi connectivity index (χ3n) is 4.77. The smallest absolute Gasteiger partial charge is 0.255 e. The molecule has 1 atom stereocenters. The van der Waals surface area contributed by atoms with Gasteiger partial charge in [0, 0.05) is 23.9 Å². The number of halogens is 1. The minimum absolute atomic E-state index is 0.0247. The second-order valence-corrected chi connectivity index (χ2v) is 8.81. The van der Waals surface area contributed by atoms with Gasteiger partial charge in [-0.3, -0.25) is 4.79 Å². The second-order valence-electron chi connectivity index (χ2n) is 6.46. The van der Waals surface area contributed by atoms with Crippen molar-refractivity contribution in [2.24, 2.45) is 0 Å². The molecule has 3 nitrogen and oxygen atoms in total. The van der Waals surface area contributed by atoms with Crippen LogP contribution in [0.5, 0.6) is 0 Å². The molecule has 1 aliphatic rings. The highest BCUT2D eigenvalue weighted by Gasteiger charge is 2.28. The standard InChI is InChI=1S/C20H19ClN2OS2/c1-25-14-8-9-16(21)15(11-14)20(24)23-10-4-5-13(12-23)19-22-17-6-2-3-7-18(17)26-19/h2-3,6-9,11,13H,4-5,10,12H2,1H3. The normalized spacial score (nSPS) is 17.6. The summed E-state index contributed by atoms with van der Waals surface area (Å²) >= 11 is 9.67. The number of aromatic nitrogens is 1. The zero-order valence-electron chi connectivity index (χ0n) is 14.4. The zero-order valence-corrected chi connectivity index (χ0v) is 16.8. The van der Waals surface area contributed by atoms with Crippen LogP contribution >= 0.6 is 34.7 Å². The molecular weight excluding hydrogens is 384 g/mol. The Morgan fingerprint density at radius 3 is 2.96 bits per heavy atom. The monoisotopic (exact) mass is 402 g/mol. The predicted octanol–water partition coefficient (Wildman–Crippen LogP) is 5.69. The first-order chi connectivity index (χ1) is 12.7. The Balaban J connectivity index is 1.57. The number of carbonyl (C=O) groups excluding carboxylic acids is 1. The number of rotatable bonds is 3. The minimum atomic E-state index is 0.0247. The van der Waals surface area contributed by atoms with Crippen molar-refractivity contribution in [1.82, 2.24) is 9.88 Å². The highest BCUT2D eigenvalue weighted by molar-refractivity contribution is 7.98. The van der Waals surface area contributed by atoms with E-state index in [0.717, 1.165) is 34.8 Å². The Kier molecular flexibility index (Phi) is 5.20. The molecule has 1 unspecified atom stereocenters. The number of hydrogen-bond acceptors (Lipinski definition) is 4. The highest BCUT2D eigenvalue weighted by Crippen LogP contribution is 2.34. The van der Waals surface area contributed by atoms with Crippen LogP contribution in [0, 0.1) is 0 Å². The lowest BCUT2D eigenvalue weighted by Gasteiger charge is -2.32. The van der Waals surface area contributed by atoms with Gasteiger partial charge < -0.3 is 4.90 Å². The summed E-state index contributed by atoms with van der Waals surface area (Å²) in [6, 6.07) is 13.9. The van der Waals surface area contributed by atoms with Gasteiger partial charge in [-0.05, 0) is 49.4 Å². The fourth-order valence-electron chi connectivity index (χ4n) is 3.39. The van der Waals surface area contributed by atoms with E-state index in [1.54, 1.807) is 23.1 Å². The van der Waals surface area contributed by atoms with Crippen molar-refractivity contribution >= 4 is 50.8 Å². The average molecular weight is 403 g/mol. The van der Waals surface area contributed by atoms with Gasteiger partial charge >= 0.3 is 0 Å². The van der Waals surface area contributed by atoms with Gasteiger partial charge in [0.25, 0.3) is 5.91 Å². The molecule has 26 heavy (non-hydrogen) atoms. The molecule has 0 bridgehead atoms. The number of thiazole rings is 1. The molecule has 2 heterocycles. The molecule has 134 valence electrons. The van der Waals surface area contributed by atoms with E-state index in [1.807, 2.05) is 41.5 Å². The van der Waals surface area contributed by atoms with E-state index >= 15 is 0 Å². The molecule has 1 amide bonds. The number of piperidine rings is 1. The Morgan fingerprint density at radius 1 is 1.31 bits per heavy atom. The van der Waals surface area contributed by atoms with Gasteiger partial charge in [-0.15, -0.1) is 23.1 Å². The van der Waals surface area contributed by atoms with E-state index in [9.17, 15) is 4.79 Å². The van der Waals surface area contributed by atoms with Crippen molar-refractivity contribution in [3.05, 3.63) is 58.1 Å². The molecule has 1 fully saturated rings. The van der Waals surface area contributed by atoms with Gasteiger partial charge in [-0.2, -0.15) is 0 Å². The van der Waals surface area contributed by atoms with Crippen molar-refractivity contribution in [1.29, 1.82) is 0 Å². The van der Waals surface area contributed by atoms with Crippen molar-refractivity contribution in [3.63, 3.8) is 0 Å². The van der Waals surface area contributed by atoms with E-state index in [-0.39, 0.29) is 5.91 Å². The van der Waals surface area contributed by atoms with Crippen molar-refractivity contribution in [3.8, 4) is 0 Å². The molecule has 1 saturated heterocycles. The number of nitrogens with zero attached hydrogens (tertiary/aromatic N) is 2. The Morgan fingerprint density at radius 2 is 2.15 bits per heavy atom. The van der Waals surface area contributed by atoms with Crippen LogP contribution < -0.4 is 0 Å². The lowest BCUT2D eigenvalue weighted by molar-refractivity contribution is 0.0707. The summed E-state index contributed by atoms with van der Waals surface area (Å²) in [5.74, 6) is 0.323. The minimum Gasteiger partial charge on any atom is -0.338 e. The summed E-state index contributed by atoms with van der Waals surface area (Å²) < 4.78 is 1.21. The predicted molar refractivity (Wildman–Crippen MR) is 111 cm³/mol.